The highest BCUT2D eigenvalue weighted by Crippen LogP contribution is 2.16. The Morgan fingerprint density at radius 1 is 1.33 bits per heavy atom. The molecule has 0 saturated heterocycles. The van der Waals surface area contributed by atoms with Crippen LogP contribution in [0, 0.1) is 0 Å². The van der Waals surface area contributed by atoms with E-state index in [2.05, 4.69) is 59.6 Å². The van der Waals surface area contributed by atoms with Crippen LogP contribution in [-0.2, 0) is 13.0 Å². The van der Waals surface area contributed by atoms with E-state index in [4.69, 9.17) is 0 Å². The van der Waals surface area contributed by atoms with Crippen molar-refractivity contribution < 1.29 is 0 Å². The van der Waals surface area contributed by atoms with Gasteiger partial charge in [-0.05, 0) is 49.9 Å². The van der Waals surface area contributed by atoms with Crippen molar-refractivity contribution >= 4 is 11.3 Å². The van der Waals surface area contributed by atoms with Crippen molar-refractivity contribution in [3.63, 3.8) is 0 Å². The molecule has 0 aromatic carbocycles. The van der Waals surface area contributed by atoms with E-state index in [1.165, 1.54) is 17.0 Å². The molecule has 18 heavy (non-hydrogen) atoms. The maximum Gasteiger partial charge on any atom is 0.0446 e. The molecular weight excluding hydrogens is 240 g/mol. The number of nitrogens with one attached hydrogen (secondary N) is 1. The summed E-state index contributed by atoms with van der Waals surface area (Å²) in [6, 6.07) is 9.15. The molecular formula is C15H22N2S. The van der Waals surface area contributed by atoms with E-state index >= 15 is 0 Å². The predicted molar refractivity (Wildman–Crippen MR) is 79.2 cm³/mol. The Kier molecular flexibility index (Phi) is 5.02. The van der Waals surface area contributed by atoms with E-state index in [0.717, 1.165) is 19.5 Å². The van der Waals surface area contributed by atoms with E-state index in [-0.39, 0.29) is 0 Å². The van der Waals surface area contributed by atoms with Crippen LogP contribution in [0.3, 0.4) is 0 Å². The van der Waals surface area contributed by atoms with Crippen LogP contribution in [0.2, 0.25) is 0 Å². The summed E-state index contributed by atoms with van der Waals surface area (Å²) in [6.45, 7) is 6.60. The highest BCUT2D eigenvalue weighted by Gasteiger charge is 2.08. The molecule has 0 aliphatic heterocycles. The molecule has 0 spiro atoms. The predicted octanol–water partition coefficient (Wildman–Crippen LogP) is 3.85. The zero-order valence-corrected chi connectivity index (χ0v) is 12.0. The van der Waals surface area contributed by atoms with Gasteiger partial charge in [-0.25, -0.2) is 0 Å². The van der Waals surface area contributed by atoms with Gasteiger partial charge in [-0.1, -0.05) is 13.0 Å². The van der Waals surface area contributed by atoms with E-state index in [1.54, 1.807) is 0 Å². The standard InChI is InChI=1S/C15H22N2S/c1-3-9-16-13(2)15-7-4-10-17(15)11-8-14-6-5-12-18-14/h4-7,10,12-13,16H,3,8-9,11H2,1-2H3. The maximum absolute atomic E-state index is 3.55. The molecule has 0 aliphatic rings. The molecule has 0 amide bonds. The number of aromatic nitrogens is 1. The molecule has 2 aromatic rings. The Morgan fingerprint density at radius 2 is 2.22 bits per heavy atom. The third-order valence-electron chi connectivity index (χ3n) is 3.19. The fourth-order valence-electron chi connectivity index (χ4n) is 2.17. The molecule has 0 saturated carbocycles. The van der Waals surface area contributed by atoms with Gasteiger partial charge in [-0.3, -0.25) is 0 Å². The van der Waals surface area contributed by atoms with Gasteiger partial charge in [0.25, 0.3) is 0 Å². The van der Waals surface area contributed by atoms with Gasteiger partial charge < -0.3 is 9.88 Å². The number of hydrogen-bond acceptors (Lipinski definition) is 2. The number of rotatable bonds is 7. The number of nitrogens with zero attached hydrogens (tertiary/aromatic N) is 1. The minimum absolute atomic E-state index is 0.434. The SMILES string of the molecule is CCCNC(C)c1cccn1CCc1cccs1. The average molecular weight is 262 g/mol. The highest BCUT2D eigenvalue weighted by molar-refractivity contribution is 7.09. The van der Waals surface area contributed by atoms with Crippen molar-refractivity contribution in [3.8, 4) is 0 Å². The highest BCUT2D eigenvalue weighted by atomic mass is 32.1. The van der Waals surface area contributed by atoms with Crippen LogP contribution in [0.4, 0.5) is 0 Å². The first-order valence-corrected chi connectivity index (χ1v) is 7.60. The van der Waals surface area contributed by atoms with Crippen LogP contribution in [-0.4, -0.2) is 11.1 Å². The Bertz CT molecular complexity index is 445. The van der Waals surface area contributed by atoms with Crippen molar-refractivity contribution in [1.82, 2.24) is 9.88 Å². The lowest BCUT2D eigenvalue weighted by Crippen LogP contribution is -2.22. The van der Waals surface area contributed by atoms with Crippen LogP contribution >= 0.6 is 11.3 Å². The molecule has 2 aromatic heterocycles. The Balaban J connectivity index is 1.94. The molecule has 98 valence electrons. The van der Waals surface area contributed by atoms with E-state index < -0.39 is 0 Å². The van der Waals surface area contributed by atoms with Crippen LogP contribution in [0.1, 0.15) is 36.9 Å². The van der Waals surface area contributed by atoms with Crippen molar-refractivity contribution in [2.24, 2.45) is 0 Å². The van der Waals surface area contributed by atoms with Gasteiger partial charge in [0.05, 0.1) is 0 Å². The minimum Gasteiger partial charge on any atom is -0.350 e. The first kappa shape index (κ1) is 13.4. The van der Waals surface area contributed by atoms with Crippen molar-refractivity contribution in [2.45, 2.75) is 39.3 Å². The van der Waals surface area contributed by atoms with E-state index in [1.807, 2.05) is 11.3 Å². The summed E-state index contributed by atoms with van der Waals surface area (Å²) in [6.07, 6.45) is 4.49. The second kappa shape index (κ2) is 6.76. The molecule has 3 heteroatoms. The summed E-state index contributed by atoms with van der Waals surface area (Å²) in [5.74, 6) is 0. The normalized spacial score (nSPS) is 12.8. The first-order chi connectivity index (χ1) is 8.81. The van der Waals surface area contributed by atoms with Crippen LogP contribution in [0.5, 0.6) is 0 Å². The second-order valence-electron chi connectivity index (χ2n) is 4.63. The van der Waals surface area contributed by atoms with Crippen molar-refractivity contribution in [1.29, 1.82) is 0 Å². The lowest BCUT2D eigenvalue weighted by molar-refractivity contribution is 0.524. The molecule has 1 N–H and O–H groups in total. The summed E-state index contributed by atoms with van der Waals surface area (Å²) in [5.41, 5.74) is 1.39. The molecule has 0 fully saturated rings. The monoisotopic (exact) mass is 262 g/mol. The fraction of sp³-hybridized carbons (Fsp3) is 0.467. The summed E-state index contributed by atoms with van der Waals surface area (Å²) in [7, 11) is 0. The lowest BCUT2D eigenvalue weighted by Gasteiger charge is -2.16. The lowest BCUT2D eigenvalue weighted by atomic mass is 10.2. The largest absolute Gasteiger partial charge is 0.350 e. The van der Waals surface area contributed by atoms with E-state index in [0.29, 0.717) is 6.04 Å². The van der Waals surface area contributed by atoms with Crippen molar-refractivity contribution in [3.05, 3.63) is 46.4 Å². The van der Waals surface area contributed by atoms with Crippen molar-refractivity contribution in [2.75, 3.05) is 6.54 Å². The molecule has 0 radical (unpaired) electrons. The number of aryl methyl sites for hydroxylation is 2. The topological polar surface area (TPSA) is 17.0 Å². The van der Waals surface area contributed by atoms with Gasteiger partial charge in [-0.2, -0.15) is 0 Å². The third kappa shape index (κ3) is 3.47. The molecule has 1 atom stereocenters. The van der Waals surface area contributed by atoms with Gasteiger partial charge in [0, 0.05) is 29.4 Å². The number of hydrogen-bond donors (Lipinski definition) is 1. The summed E-state index contributed by atoms with van der Waals surface area (Å²) in [4.78, 5) is 1.46. The quantitative estimate of drug-likeness (QED) is 0.802. The molecule has 2 nitrogen and oxygen atoms in total. The average Bonchev–Trinajstić information content (AvgIpc) is 3.03. The van der Waals surface area contributed by atoms with E-state index in [9.17, 15) is 0 Å². The van der Waals surface area contributed by atoms with Crippen LogP contribution < -0.4 is 5.32 Å². The van der Waals surface area contributed by atoms with Gasteiger partial charge in [-0.15, -0.1) is 11.3 Å². The fourth-order valence-corrected chi connectivity index (χ4v) is 2.87. The Morgan fingerprint density at radius 3 is 2.94 bits per heavy atom. The van der Waals surface area contributed by atoms with Gasteiger partial charge in [0.1, 0.15) is 0 Å². The first-order valence-electron chi connectivity index (χ1n) is 6.72. The summed E-state index contributed by atoms with van der Waals surface area (Å²) in [5, 5.41) is 5.70. The smallest absolute Gasteiger partial charge is 0.0446 e. The van der Waals surface area contributed by atoms with Gasteiger partial charge in [0.15, 0.2) is 0 Å². The molecule has 2 rings (SSSR count). The maximum atomic E-state index is 3.55. The Hall–Kier alpha value is -1.06. The van der Waals surface area contributed by atoms with Crippen LogP contribution in [0.25, 0.3) is 0 Å². The summed E-state index contributed by atoms with van der Waals surface area (Å²) >= 11 is 1.84. The van der Waals surface area contributed by atoms with Gasteiger partial charge in [0.2, 0.25) is 0 Å². The molecule has 1 unspecified atom stereocenters. The number of thiophene rings is 1. The Labute approximate surface area is 114 Å². The molecule has 2 heterocycles. The zero-order chi connectivity index (χ0) is 12.8. The molecule has 0 bridgehead atoms. The van der Waals surface area contributed by atoms with Crippen LogP contribution in [0.15, 0.2) is 35.8 Å². The zero-order valence-electron chi connectivity index (χ0n) is 11.2. The third-order valence-corrected chi connectivity index (χ3v) is 4.12. The molecule has 0 aliphatic carbocycles. The minimum atomic E-state index is 0.434. The summed E-state index contributed by atoms with van der Waals surface area (Å²) < 4.78 is 2.37. The second-order valence-corrected chi connectivity index (χ2v) is 5.66. The van der Waals surface area contributed by atoms with Gasteiger partial charge >= 0.3 is 0 Å².